The van der Waals surface area contributed by atoms with Crippen LogP contribution in [0.3, 0.4) is 0 Å². The van der Waals surface area contributed by atoms with Gasteiger partial charge < -0.3 is 5.32 Å². The summed E-state index contributed by atoms with van der Waals surface area (Å²) >= 11 is 0. The van der Waals surface area contributed by atoms with E-state index in [4.69, 9.17) is 0 Å². The normalized spacial score (nSPS) is 11.9. The molecule has 5 nitrogen and oxygen atoms in total. The zero-order valence-corrected chi connectivity index (χ0v) is 10.3. The van der Waals surface area contributed by atoms with Gasteiger partial charge in [0.05, 0.1) is 4.92 Å². The fourth-order valence-corrected chi connectivity index (χ4v) is 1.61. The van der Waals surface area contributed by atoms with Crippen LogP contribution in [-0.2, 0) is 0 Å². The Bertz CT molecular complexity index is 463. The molecule has 1 amide bonds. The van der Waals surface area contributed by atoms with Crippen LogP contribution in [0.1, 0.15) is 37.0 Å². The standard InChI is InChI=1S/C12H15FN2O3/c1-3-4-8(2)14-12(16)9-5-6-10(13)11(7-9)15(17)18/h5-8H,3-4H2,1-2H3,(H,14,16). The molecule has 0 aliphatic heterocycles. The van der Waals surface area contributed by atoms with Gasteiger partial charge in [-0.2, -0.15) is 4.39 Å². The van der Waals surface area contributed by atoms with Gasteiger partial charge in [0.15, 0.2) is 0 Å². The molecule has 0 aliphatic rings. The fourth-order valence-electron chi connectivity index (χ4n) is 1.61. The molecule has 18 heavy (non-hydrogen) atoms. The molecule has 0 fully saturated rings. The number of nitrogens with zero attached hydrogens (tertiary/aromatic N) is 1. The summed E-state index contributed by atoms with van der Waals surface area (Å²) in [7, 11) is 0. The third kappa shape index (κ3) is 3.51. The van der Waals surface area contributed by atoms with E-state index in [1.165, 1.54) is 6.07 Å². The lowest BCUT2D eigenvalue weighted by atomic mass is 10.1. The number of nitro groups is 1. The van der Waals surface area contributed by atoms with E-state index in [1.807, 2.05) is 13.8 Å². The Morgan fingerprint density at radius 2 is 2.22 bits per heavy atom. The van der Waals surface area contributed by atoms with E-state index in [2.05, 4.69) is 5.32 Å². The number of carbonyl (C=O) groups excluding carboxylic acids is 1. The zero-order chi connectivity index (χ0) is 13.7. The van der Waals surface area contributed by atoms with Gasteiger partial charge in [-0.25, -0.2) is 0 Å². The van der Waals surface area contributed by atoms with E-state index in [-0.39, 0.29) is 11.6 Å². The molecule has 0 spiro atoms. The molecule has 0 saturated heterocycles. The van der Waals surface area contributed by atoms with Crippen molar-refractivity contribution in [3.8, 4) is 0 Å². The van der Waals surface area contributed by atoms with Crippen LogP contribution >= 0.6 is 0 Å². The highest BCUT2D eigenvalue weighted by molar-refractivity contribution is 5.95. The maximum atomic E-state index is 13.1. The summed E-state index contributed by atoms with van der Waals surface area (Å²) in [6, 6.07) is 3.09. The first-order valence-electron chi connectivity index (χ1n) is 5.70. The quantitative estimate of drug-likeness (QED) is 0.648. The van der Waals surface area contributed by atoms with Crippen molar-refractivity contribution in [2.24, 2.45) is 0 Å². The van der Waals surface area contributed by atoms with E-state index in [0.717, 1.165) is 25.0 Å². The van der Waals surface area contributed by atoms with Crippen molar-refractivity contribution in [1.82, 2.24) is 5.32 Å². The van der Waals surface area contributed by atoms with E-state index in [9.17, 15) is 19.3 Å². The second-order valence-electron chi connectivity index (χ2n) is 4.09. The van der Waals surface area contributed by atoms with Gasteiger partial charge in [0.25, 0.3) is 5.91 Å². The van der Waals surface area contributed by atoms with E-state index in [0.29, 0.717) is 0 Å². The molecule has 0 heterocycles. The van der Waals surface area contributed by atoms with Crippen LogP contribution in [-0.4, -0.2) is 16.9 Å². The monoisotopic (exact) mass is 254 g/mol. The molecule has 0 radical (unpaired) electrons. The number of amides is 1. The maximum absolute atomic E-state index is 13.1. The number of hydrogen-bond acceptors (Lipinski definition) is 3. The fraction of sp³-hybridized carbons (Fsp3) is 0.417. The highest BCUT2D eigenvalue weighted by atomic mass is 19.1. The molecule has 1 N–H and O–H groups in total. The third-order valence-electron chi connectivity index (χ3n) is 2.50. The maximum Gasteiger partial charge on any atom is 0.305 e. The van der Waals surface area contributed by atoms with Gasteiger partial charge in [-0.05, 0) is 25.5 Å². The number of carbonyl (C=O) groups is 1. The van der Waals surface area contributed by atoms with Crippen LogP contribution in [0.25, 0.3) is 0 Å². The molecule has 0 aromatic heterocycles. The molecule has 1 aromatic carbocycles. The van der Waals surface area contributed by atoms with Gasteiger partial charge in [-0.1, -0.05) is 13.3 Å². The molecule has 0 bridgehead atoms. The predicted octanol–water partition coefficient (Wildman–Crippen LogP) is 2.65. The zero-order valence-electron chi connectivity index (χ0n) is 10.3. The summed E-state index contributed by atoms with van der Waals surface area (Å²) in [5.41, 5.74) is -0.600. The lowest BCUT2D eigenvalue weighted by Crippen LogP contribution is -2.32. The molecule has 0 aliphatic carbocycles. The number of halogens is 1. The molecule has 0 saturated carbocycles. The highest BCUT2D eigenvalue weighted by Gasteiger charge is 2.18. The number of nitro benzene ring substituents is 1. The number of hydrogen-bond donors (Lipinski definition) is 1. The van der Waals surface area contributed by atoms with E-state index < -0.39 is 22.3 Å². The number of rotatable bonds is 5. The summed E-state index contributed by atoms with van der Waals surface area (Å²) in [5, 5.41) is 13.3. The third-order valence-corrected chi connectivity index (χ3v) is 2.50. The molecule has 1 unspecified atom stereocenters. The Labute approximate surface area is 104 Å². The Hall–Kier alpha value is -1.98. The lowest BCUT2D eigenvalue weighted by molar-refractivity contribution is -0.387. The van der Waals surface area contributed by atoms with E-state index in [1.54, 1.807) is 0 Å². The average molecular weight is 254 g/mol. The van der Waals surface area contributed by atoms with Crippen molar-refractivity contribution in [3.05, 3.63) is 39.7 Å². The molecule has 1 aromatic rings. The van der Waals surface area contributed by atoms with Gasteiger partial charge in [0, 0.05) is 17.7 Å². The Balaban J connectivity index is 2.87. The van der Waals surface area contributed by atoms with Crippen LogP contribution in [0, 0.1) is 15.9 Å². The summed E-state index contributed by atoms with van der Waals surface area (Å²) < 4.78 is 13.1. The number of benzene rings is 1. The van der Waals surface area contributed by atoms with Gasteiger partial charge >= 0.3 is 5.69 Å². The van der Waals surface area contributed by atoms with Crippen LogP contribution in [0.5, 0.6) is 0 Å². The SMILES string of the molecule is CCCC(C)NC(=O)c1ccc(F)c([N+](=O)[O-])c1. The first-order chi connectivity index (χ1) is 8.45. The number of nitrogens with one attached hydrogen (secondary N) is 1. The largest absolute Gasteiger partial charge is 0.350 e. The first-order valence-corrected chi connectivity index (χ1v) is 5.70. The smallest absolute Gasteiger partial charge is 0.305 e. The van der Waals surface area contributed by atoms with Crippen molar-refractivity contribution in [1.29, 1.82) is 0 Å². The predicted molar refractivity (Wildman–Crippen MR) is 64.9 cm³/mol. The first kappa shape index (κ1) is 14.1. The summed E-state index contributed by atoms with van der Waals surface area (Å²) in [4.78, 5) is 21.5. The average Bonchev–Trinajstić information content (AvgIpc) is 2.29. The second-order valence-corrected chi connectivity index (χ2v) is 4.09. The van der Waals surface area contributed by atoms with Crippen molar-refractivity contribution in [3.63, 3.8) is 0 Å². The van der Waals surface area contributed by atoms with Crippen molar-refractivity contribution >= 4 is 11.6 Å². The molecule has 1 atom stereocenters. The topological polar surface area (TPSA) is 72.2 Å². The minimum atomic E-state index is -0.946. The highest BCUT2D eigenvalue weighted by Crippen LogP contribution is 2.18. The Morgan fingerprint density at radius 1 is 1.56 bits per heavy atom. The minimum absolute atomic E-state index is 0.0217. The minimum Gasteiger partial charge on any atom is -0.350 e. The molecule has 98 valence electrons. The second kappa shape index (κ2) is 6.09. The van der Waals surface area contributed by atoms with Crippen LogP contribution in [0.2, 0.25) is 0 Å². The van der Waals surface area contributed by atoms with Crippen LogP contribution < -0.4 is 5.32 Å². The Morgan fingerprint density at radius 3 is 2.78 bits per heavy atom. The Kier molecular flexibility index (Phi) is 4.76. The van der Waals surface area contributed by atoms with Crippen molar-refractivity contribution in [2.45, 2.75) is 32.7 Å². The summed E-state index contributed by atoms with van der Waals surface area (Å²) in [6.45, 7) is 3.84. The van der Waals surface area contributed by atoms with Gasteiger partial charge in [0.1, 0.15) is 0 Å². The van der Waals surface area contributed by atoms with Gasteiger partial charge in [-0.3, -0.25) is 14.9 Å². The summed E-state index contributed by atoms with van der Waals surface area (Å²) in [6.07, 6.45) is 1.74. The molecular formula is C12H15FN2O3. The van der Waals surface area contributed by atoms with Gasteiger partial charge in [0.2, 0.25) is 5.82 Å². The van der Waals surface area contributed by atoms with Gasteiger partial charge in [-0.15, -0.1) is 0 Å². The summed E-state index contributed by atoms with van der Waals surface area (Å²) in [5.74, 6) is -1.38. The van der Waals surface area contributed by atoms with Crippen LogP contribution in [0.4, 0.5) is 10.1 Å². The lowest BCUT2D eigenvalue weighted by Gasteiger charge is -2.12. The van der Waals surface area contributed by atoms with E-state index >= 15 is 0 Å². The van der Waals surface area contributed by atoms with Crippen LogP contribution in [0.15, 0.2) is 18.2 Å². The molecule has 1 rings (SSSR count). The van der Waals surface area contributed by atoms with Crippen molar-refractivity contribution < 1.29 is 14.1 Å². The van der Waals surface area contributed by atoms with Crippen molar-refractivity contribution in [2.75, 3.05) is 0 Å². The molecular weight excluding hydrogens is 239 g/mol. The molecule has 6 heteroatoms.